The molecule has 1 aliphatic rings. The van der Waals surface area contributed by atoms with Crippen LogP contribution in [0.25, 0.3) is 0 Å². The summed E-state index contributed by atoms with van der Waals surface area (Å²) in [5.74, 6) is -0.0819. The van der Waals surface area contributed by atoms with Gasteiger partial charge in [0.05, 0.1) is 22.8 Å². The minimum absolute atomic E-state index is 0.0819. The maximum atomic E-state index is 11.9. The molecular weight excluding hydrogens is 262 g/mol. The molecule has 1 aliphatic heterocycles. The van der Waals surface area contributed by atoms with Gasteiger partial charge in [-0.05, 0) is 24.3 Å². The minimum atomic E-state index is -0.0819. The Morgan fingerprint density at radius 3 is 3.05 bits per heavy atom. The van der Waals surface area contributed by atoms with E-state index in [0.29, 0.717) is 10.9 Å². The molecule has 0 bridgehead atoms. The molecule has 0 atom stereocenters. The Bertz CT molecular complexity index is 544. The standard InChI is InChI=1S/C13H15N3O2S/c17-13(12-2-1-7-19-12)15-10-8-14-16(9-10)11-3-5-18-6-4-11/h1-2,7-9,11H,3-6H2,(H,15,17). The van der Waals surface area contributed by atoms with Gasteiger partial charge >= 0.3 is 0 Å². The molecule has 1 saturated heterocycles. The van der Waals surface area contributed by atoms with E-state index in [2.05, 4.69) is 10.4 Å². The van der Waals surface area contributed by atoms with Crippen LogP contribution in [0.5, 0.6) is 0 Å². The first-order valence-corrected chi connectivity index (χ1v) is 7.17. The molecule has 2 aromatic rings. The summed E-state index contributed by atoms with van der Waals surface area (Å²) in [4.78, 5) is 12.6. The SMILES string of the molecule is O=C(Nc1cnn(C2CCOCC2)c1)c1cccs1. The van der Waals surface area contributed by atoms with Crippen LogP contribution < -0.4 is 5.32 Å². The van der Waals surface area contributed by atoms with E-state index in [1.54, 1.807) is 6.20 Å². The topological polar surface area (TPSA) is 56.2 Å². The largest absolute Gasteiger partial charge is 0.381 e. The number of anilines is 1. The Morgan fingerprint density at radius 2 is 2.32 bits per heavy atom. The Hall–Kier alpha value is -1.66. The van der Waals surface area contributed by atoms with Gasteiger partial charge in [0.2, 0.25) is 0 Å². The number of nitrogens with one attached hydrogen (secondary N) is 1. The summed E-state index contributed by atoms with van der Waals surface area (Å²) in [6.45, 7) is 1.56. The summed E-state index contributed by atoms with van der Waals surface area (Å²) >= 11 is 1.43. The van der Waals surface area contributed by atoms with Crippen molar-refractivity contribution >= 4 is 22.9 Å². The predicted octanol–water partition coefficient (Wildman–Crippen LogP) is 2.55. The van der Waals surface area contributed by atoms with Gasteiger partial charge in [0.1, 0.15) is 0 Å². The van der Waals surface area contributed by atoms with E-state index in [1.165, 1.54) is 11.3 Å². The number of nitrogens with zero attached hydrogens (tertiary/aromatic N) is 2. The number of carbonyl (C=O) groups is 1. The molecule has 3 rings (SSSR count). The van der Waals surface area contributed by atoms with Crippen LogP contribution in [0.1, 0.15) is 28.6 Å². The Kier molecular flexibility index (Phi) is 3.61. The molecule has 0 spiro atoms. The van der Waals surface area contributed by atoms with Crippen LogP contribution in [0.4, 0.5) is 5.69 Å². The van der Waals surface area contributed by atoms with Gasteiger partial charge in [0.15, 0.2) is 0 Å². The molecule has 2 aromatic heterocycles. The van der Waals surface area contributed by atoms with E-state index in [0.717, 1.165) is 31.7 Å². The van der Waals surface area contributed by atoms with E-state index < -0.39 is 0 Å². The second-order valence-electron chi connectivity index (χ2n) is 4.48. The van der Waals surface area contributed by atoms with Crippen molar-refractivity contribution in [3.05, 3.63) is 34.8 Å². The number of aromatic nitrogens is 2. The van der Waals surface area contributed by atoms with Gasteiger partial charge in [-0.1, -0.05) is 6.07 Å². The van der Waals surface area contributed by atoms with Gasteiger partial charge < -0.3 is 10.1 Å². The summed E-state index contributed by atoms with van der Waals surface area (Å²) in [6.07, 6.45) is 5.53. The highest BCUT2D eigenvalue weighted by Gasteiger charge is 2.17. The lowest BCUT2D eigenvalue weighted by atomic mass is 10.1. The van der Waals surface area contributed by atoms with Crippen molar-refractivity contribution in [2.75, 3.05) is 18.5 Å². The van der Waals surface area contributed by atoms with Gasteiger partial charge in [-0.2, -0.15) is 5.10 Å². The average Bonchev–Trinajstić information content (AvgIpc) is 3.11. The van der Waals surface area contributed by atoms with Crippen molar-refractivity contribution in [3.63, 3.8) is 0 Å². The van der Waals surface area contributed by atoms with Gasteiger partial charge in [-0.15, -0.1) is 11.3 Å². The van der Waals surface area contributed by atoms with Crippen LogP contribution in [0.15, 0.2) is 29.9 Å². The monoisotopic (exact) mass is 277 g/mol. The molecule has 3 heterocycles. The first-order chi connectivity index (χ1) is 9.33. The number of carbonyl (C=O) groups excluding carboxylic acids is 1. The average molecular weight is 277 g/mol. The third kappa shape index (κ3) is 2.85. The molecule has 19 heavy (non-hydrogen) atoms. The van der Waals surface area contributed by atoms with Crippen molar-refractivity contribution in [1.82, 2.24) is 9.78 Å². The highest BCUT2D eigenvalue weighted by molar-refractivity contribution is 7.12. The van der Waals surface area contributed by atoms with Crippen LogP contribution in [0, 0.1) is 0 Å². The van der Waals surface area contributed by atoms with Crippen molar-refractivity contribution in [3.8, 4) is 0 Å². The zero-order chi connectivity index (χ0) is 13.1. The third-order valence-corrected chi connectivity index (χ3v) is 4.04. The molecule has 6 heteroatoms. The fraction of sp³-hybridized carbons (Fsp3) is 0.385. The molecule has 1 fully saturated rings. The van der Waals surface area contributed by atoms with Crippen LogP contribution >= 0.6 is 11.3 Å². The van der Waals surface area contributed by atoms with Crippen molar-refractivity contribution < 1.29 is 9.53 Å². The fourth-order valence-electron chi connectivity index (χ4n) is 2.15. The van der Waals surface area contributed by atoms with E-state index >= 15 is 0 Å². The second kappa shape index (κ2) is 5.54. The third-order valence-electron chi connectivity index (χ3n) is 3.17. The fourth-order valence-corrected chi connectivity index (χ4v) is 2.77. The summed E-state index contributed by atoms with van der Waals surface area (Å²) in [7, 11) is 0. The molecule has 0 saturated carbocycles. The van der Waals surface area contributed by atoms with E-state index in [-0.39, 0.29) is 5.91 Å². The quantitative estimate of drug-likeness (QED) is 0.938. The molecular formula is C13H15N3O2S. The second-order valence-corrected chi connectivity index (χ2v) is 5.43. The number of ether oxygens (including phenoxy) is 1. The van der Waals surface area contributed by atoms with Crippen molar-refractivity contribution in [2.24, 2.45) is 0 Å². The lowest BCUT2D eigenvalue weighted by Gasteiger charge is -2.22. The van der Waals surface area contributed by atoms with E-state index in [4.69, 9.17) is 4.74 Å². The Labute approximate surface area is 115 Å². The van der Waals surface area contributed by atoms with Gasteiger partial charge in [-0.3, -0.25) is 9.48 Å². The zero-order valence-corrected chi connectivity index (χ0v) is 11.2. The molecule has 1 amide bonds. The Balaban J connectivity index is 1.66. The molecule has 1 N–H and O–H groups in total. The van der Waals surface area contributed by atoms with E-state index in [9.17, 15) is 4.79 Å². The van der Waals surface area contributed by atoms with Gasteiger partial charge in [0.25, 0.3) is 5.91 Å². The highest BCUT2D eigenvalue weighted by atomic mass is 32.1. The van der Waals surface area contributed by atoms with Crippen molar-refractivity contribution in [2.45, 2.75) is 18.9 Å². The molecule has 0 aromatic carbocycles. The molecule has 0 aliphatic carbocycles. The molecule has 100 valence electrons. The van der Waals surface area contributed by atoms with Crippen LogP contribution in [0.2, 0.25) is 0 Å². The normalized spacial score (nSPS) is 16.4. The number of hydrogen-bond donors (Lipinski definition) is 1. The maximum Gasteiger partial charge on any atom is 0.265 e. The first-order valence-electron chi connectivity index (χ1n) is 6.30. The first kappa shape index (κ1) is 12.4. The Morgan fingerprint density at radius 1 is 1.47 bits per heavy atom. The lowest BCUT2D eigenvalue weighted by Crippen LogP contribution is -2.19. The minimum Gasteiger partial charge on any atom is -0.381 e. The number of amides is 1. The molecule has 0 radical (unpaired) electrons. The predicted molar refractivity (Wildman–Crippen MR) is 73.6 cm³/mol. The van der Waals surface area contributed by atoms with Crippen LogP contribution in [-0.4, -0.2) is 28.9 Å². The maximum absolute atomic E-state index is 11.9. The zero-order valence-electron chi connectivity index (χ0n) is 10.4. The summed E-state index contributed by atoms with van der Waals surface area (Å²) < 4.78 is 7.26. The number of hydrogen-bond acceptors (Lipinski definition) is 4. The van der Waals surface area contributed by atoms with Crippen LogP contribution in [0.3, 0.4) is 0 Å². The number of rotatable bonds is 3. The molecule has 5 nitrogen and oxygen atoms in total. The van der Waals surface area contributed by atoms with Gasteiger partial charge in [-0.25, -0.2) is 0 Å². The highest BCUT2D eigenvalue weighted by Crippen LogP contribution is 2.21. The molecule has 0 unspecified atom stereocenters. The summed E-state index contributed by atoms with van der Waals surface area (Å²) in [5, 5.41) is 9.07. The van der Waals surface area contributed by atoms with E-state index in [1.807, 2.05) is 28.4 Å². The van der Waals surface area contributed by atoms with Crippen molar-refractivity contribution in [1.29, 1.82) is 0 Å². The van der Waals surface area contributed by atoms with Gasteiger partial charge in [0, 0.05) is 19.4 Å². The smallest absolute Gasteiger partial charge is 0.265 e. The lowest BCUT2D eigenvalue weighted by molar-refractivity contribution is 0.0662. The summed E-state index contributed by atoms with van der Waals surface area (Å²) in [6, 6.07) is 4.05. The number of thiophene rings is 1. The van der Waals surface area contributed by atoms with Crippen LogP contribution in [-0.2, 0) is 4.74 Å². The summed E-state index contributed by atoms with van der Waals surface area (Å²) in [5.41, 5.74) is 0.741.